The van der Waals surface area contributed by atoms with E-state index < -0.39 is 0 Å². The number of benzene rings is 1. The van der Waals surface area contributed by atoms with Crippen molar-refractivity contribution in [2.45, 2.75) is 6.92 Å². The highest BCUT2D eigenvalue weighted by Crippen LogP contribution is 2.15. The standard InChI is InChI=1S/C14H13BrN2O2/c1-2-19-12-5-3-10(4-6-12)14(18)17-13-9-11(15)7-8-16-13/h3-9H,2H2,1H3,(H,16,17,18). The van der Waals surface area contributed by atoms with Crippen LogP contribution in [0.2, 0.25) is 0 Å². The van der Waals surface area contributed by atoms with Crippen LogP contribution in [0.25, 0.3) is 0 Å². The Kier molecular flexibility index (Phi) is 4.52. The van der Waals surface area contributed by atoms with Crippen LogP contribution in [0.15, 0.2) is 47.1 Å². The summed E-state index contributed by atoms with van der Waals surface area (Å²) in [5.74, 6) is 1.06. The summed E-state index contributed by atoms with van der Waals surface area (Å²) >= 11 is 3.33. The zero-order valence-electron chi connectivity index (χ0n) is 10.4. The van der Waals surface area contributed by atoms with Crippen molar-refractivity contribution in [2.24, 2.45) is 0 Å². The van der Waals surface area contributed by atoms with Gasteiger partial charge in [-0.05, 0) is 43.3 Å². The molecule has 1 N–H and O–H groups in total. The summed E-state index contributed by atoms with van der Waals surface area (Å²) in [4.78, 5) is 16.1. The van der Waals surface area contributed by atoms with Crippen LogP contribution in [0.1, 0.15) is 17.3 Å². The largest absolute Gasteiger partial charge is 0.494 e. The Labute approximate surface area is 119 Å². The van der Waals surface area contributed by atoms with Gasteiger partial charge in [0.1, 0.15) is 11.6 Å². The number of hydrogen-bond donors (Lipinski definition) is 1. The van der Waals surface area contributed by atoms with Gasteiger partial charge in [0, 0.05) is 16.2 Å². The molecule has 0 aliphatic rings. The molecule has 2 rings (SSSR count). The van der Waals surface area contributed by atoms with Gasteiger partial charge in [0.25, 0.3) is 5.91 Å². The summed E-state index contributed by atoms with van der Waals surface area (Å²) in [6, 6.07) is 10.5. The molecular weight excluding hydrogens is 308 g/mol. The van der Waals surface area contributed by atoms with Gasteiger partial charge in [-0.15, -0.1) is 0 Å². The van der Waals surface area contributed by atoms with Crippen molar-refractivity contribution < 1.29 is 9.53 Å². The number of halogens is 1. The molecule has 0 aliphatic carbocycles. The van der Waals surface area contributed by atoms with Crippen molar-refractivity contribution in [2.75, 3.05) is 11.9 Å². The van der Waals surface area contributed by atoms with Gasteiger partial charge in [-0.2, -0.15) is 0 Å². The summed E-state index contributed by atoms with van der Waals surface area (Å²) in [5.41, 5.74) is 0.560. The minimum absolute atomic E-state index is 0.200. The highest BCUT2D eigenvalue weighted by atomic mass is 79.9. The summed E-state index contributed by atoms with van der Waals surface area (Å²) in [7, 11) is 0. The maximum atomic E-state index is 12.0. The number of carbonyl (C=O) groups is 1. The van der Waals surface area contributed by atoms with E-state index in [0.29, 0.717) is 18.0 Å². The highest BCUT2D eigenvalue weighted by molar-refractivity contribution is 9.10. The van der Waals surface area contributed by atoms with Crippen molar-refractivity contribution in [1.29, 1.82) is 0 Å². The maximum absolute atomic E-state index is 12.0. The molecule has 0 saturated heterocycles. The molecule has 4 nitrogen and oxygen atoms in total. The van der Waals surface area contributed by atoms with Crippen molar-refractivity contribution in [3.63, 3.8) is 0 Å². The number of hydrogen-bond acceptors (Lipinski definition) is 3. The van der Waals surface area contributed by atoms with Crippen LogP contribution in [-0.2, 0) is 0 Å². The molecular formula is C14H13BrN2O2. The Morgan fingerprint density at radius 1 is 1.32 bits per heavy atom. The van der Waals surface area contributed by atoms with Crippen molar-refractivity contribution in [3.8, 4) is 5.75 Å². The topological polar surface area (TPSA) is 51.2 Å². The summed E-state index contributed by atoms with van der Waals surface area (Å²) < 4.78 is 6.19. The Balaban J connectivity index is 2.07. The lowest BCUT2D eigenvalue weighted by molar-refractivity contribution is 0.102. The Morgan fingerprint density at radius 3 is 2.68 bits per heavy atom. The smallest absolute Gasteiger partial charge is 0.256 e. The molecule has 1 amide bonds. The maximum Gasteiger partial charge on any atom is 0.256 e. The number of nitrogens with zero attached hydrogens (tertiary/aromatic N) is 1. The SMILES string of the molecule is CCOc1ccc(C(=O)Nc2cc(Br)ccn2)cc1. The number of nitrogens with one attached hydrogen (secondary N) is 1. The molecule has 0 atom stereocenters. The van der Waals surface area contributed by atoms with E-state index in [4.69, 9.17) is 4.74 Å². The van der Waals surface area contributed by atoms with E-state index in [-0.39, 0.29) is 5.91 Å². The third-order valence-electron chi connectivity index (χ3n) is 2.39. The number of aromatic nitrogens is 1. The van der Waals surface area contributed by atoms with Gasteiger partial charge in [-0.25, -0.2) is 4.98 Å². The molecule has 0 radical (unpaired) electrons. The Morgan fingerprint density at radius 2 is 2.05 bits per heavy atom. The van der Waals surface area contributed by atoms with Gasteiger partial charge in [0.05, 0.1) is 6.61 Å². The van der Waals surface area contributed by atoms with Crippen LogP contribution in [0, 0.1) is 0 Å². The van der Waals surface area contributed by atoms with Gasteiger partial charge < -0.3 is 10.1 Å². The Bertz CT molecular complexity index is 570. The third kappa shape index (κ3) is 3.79. The van der Waals surface area contributed by atoms with Crippen LogP contribution in [-0.4, -0.2) is 17.5 Å². The molecule has 0 fully saturated rings. The fraction of sp³-hybridized carbons (Fsp3) is 0.143. The summed E-state index contributed by atoms with van der Waals surface area (Å²) in [6.45, 7) is 2.52. The second-order valence-corrected chi connectivity index (χ2v) is 4.69. The second-order valence-electron chi connectivity index (χ2n) is 3.77. The first-order valence-electron chi connectivity index (χ1n) is 5.85. The number of carbonyl (C=O) groups excluding carboxylic acids is 1. The third-order valence-corrected chi connectivity index (χ3v) is 2.88. The fourth-order valence-corrected chi connectivity index (χ4v) is 1.87. The molecule has 98 valence electrons. The molecule has 5 heteroatoms. The van der Waals surface area contributed by atoms with Crippen LogP contribution in [0.5, 0.6) is 5.75 Å². The molecule has 1 heterocycles. The lowest BCUT2D eigenvalue weighted by Gasteiger charge is -2.06. The first-order chi connectivity index (χ1) is 9.19. The van der Waals surface area contributed by atoms with Gasteiger partial charge in [-0.1, -0.05) is 15.9 Å². The van der Waals surface area contributed by atoms with Gasteiger partial charge in [0.2, 0.25) is 0 Å². The second kappa shape index (κ2) is 6.33. The quantitative estimate of drug-likeness (QED) is 0.938. The minimum Gasteiger partial charge on any atom is -0.494 e. The Hall–Kier alpha value is -1.88. The minimum atomic E-state index is -0.200. The first kappa shape index (κ1) is 13.5. The summed E-state index contributed by atoms with van der Waals surface area (Å²) in [5, 5.41) is 2.73. The highest BCUT2D eigenvalue weighted by Gasteiger charge is 2.07. The van der Waals surface area contributed by atoms with E-state index in [1.165, 1.54) is 0 Å². The number of amides is 1. The molecule has 0 aliphatic heterocycles. The van der Waals surface area contributed by atoms with E-state index in [2.05, 4.69) is 26.2 Å². The molecule has 0 bridgehead atoms. The number of rotatable bonds is 4. The van der Waals surface area contributed by atoms with Gasteiger partial charge >= 0.3 is 0 Å². The molecule has 0 spiro atoms. The summed E-state index contributed by atoms with van der Waals surface area (Å²) in [6.07, 6.45) is 1.62. The predicted molar refractivity (Wildman–Crippen MR) is 77.5 cm³/mol. The average Bonchev–Trinajstić information content (AvgIpc) is 2.40. The molecule has 1 aromatic heterocycles. The van der Waals surface area contributed by atoms with E-state index in [1.54, 1.807) is 42.6 Å². The van der Waals surface area contributed by atoms with Crippen molar-refractivity contribution in [1.82, 2.24) is 4.98 Å². The number of ether oxygens (including phenoxy) is 1. The van der Waals surface area contributed by atoms with E-state index in [9.17, 15) is 4.79 Å². The zero-order valence-corrected chi connectivity index (χ0v) is 12.0. The first-order valence-corrected chi connectivity index (χ1v) is 6.64. The van der Waals surface area contributed by atoms with Gasteiger partial charge in [0.15, 0.2) is 0 Å². The molecule has 19 heavy (non-hydrogen) atoms. The monoisotopic (exact) mass is 320 g/mol. The average molecular weight is 321 g/mol. The molecule has 0 saturated carbocycles. The van der Waals surface area contributed by atoms with Crippen LogP contribution in [0.3, 0.4) is 0 Å². The molecule has 2 aromatic rings. The normalized spacial score (nSPS) is 10.0. The number of pyridine rings is 1. The van der Waals surface area contributed by atoms with Crippen LogP contribution >= 0.6 is 15.9 Å². The van der Waals surface area contributed by atoms with E-state index >= 15 is 0 Å². The van der Waals surface area contributed by atoms with E-state index in [1.807, 2.05) is 6.92 Å². The van der Waals surface area contributed by atoms with Crippen molar-refractivity contribution in [3.05, 3.63) is 52.6 Å². The van der Waals surface area contributed by atoms with E-state index in [0.717, 1.165) is 10.2 Å². The fourth-order valence-electron chi connectivity index (χ4n) is 1.53. The number of anilines is 1. The lowest BCUT2D eigenvalue weighted by Crippen LogP contribution is -2.12. The molecule has 1 aromatic carbocycles. The van der Waals surface area contributed by atoms with Crippen LogP contribution in [0.4, 0.5) is 5.82 Å². The van der Waals surface area contributed by atoms with Gasteiger partial charge in [-0.3, -0.25) is 4.79 Å². The van der Waals surface area contributed by atoms with Crippen molar-refractivity contribution >= 4 is 27.7 Å². The molecule has 0 unspecified atom stereocenters. The zero-order chi connectivity index (χ0) is 13.7. The van der Waals surface area contributed by atoms with Crippen LogP contribution < -0.4 is 10.1 Å². The lowest BCUT2D eigenvalue weighted by atomic mass is 10.2. The predicted octanol–water partition coefficient (Wildman–Crippen LogP) is 3.50.